The first-order valence-corrected chi connectivity index (χ1v) is 10.5. The van der Waals surface area contributed by atoms with Gasteiger partial charge < -0.3 is 14.6 Å². The quantitative estimate of drug-likeness (QED) is 0.695. The largest absolute Gasteiger partial charge is 0.573 e. The van der Waals surface area contributed by atoms with E-state index in [1.807, 2.05) is 6.92 Å². The van der Waals surface area contributed by atoms with Crippen molar-refractivity contribution in [2.45, 2.75) is 70.8 Å². The van der Waals surface area contributed by atoms with Crippen molar-refractivity contribution in [2.75, 3.05) is 0 Å². The minimum absolute atomic E-state index is 0.185. The topological polar surface area (TPSA) is 56.1 Å². The molecule has 1 amide bonds. The lowest BCUT2D eigenvalue weighted by atomic mass is 9.89. The summed E-state index contributed by atoms with van der Waals surface area (Å²) in [5.41, 5.74) is 1.85. The van der Waals surface area contributed by atoms with Crippen LogP contribution in [0.4, 0.5) is 13.2 Å². The first-order chi connectivity index (χ1) is 14.3. The molecule has 2 fully saturated rings. The minimum Gasteiger partial charge on any atom is -0.406 e. The van der Waals surface area contributed by atoms with Crippen LogP contribution < -0.4 is 10.1 Å². The lowest BCUT2D eigenvalue weighted by molar-refractivity contribution is -0.274. The van der Waals surface area contributed by atoms with E-state index in [0.717, 1.165) is 37.9 Å². The molecule has 0 saturated heterocycles. The zero-order valence-corrected chi connectivity index (χ0v) is 17.0. The normalized spacial score (nSPS) is 17.7. The van der Waals surface area contributed by atoms with Gasteiger partial charge in [-0.15, -0.1) is 13.2 Å². The lowest BCUT2D eigenvalue weighted by Gasteiger charge is -2.23. The maximum absolute atomic E-state index is 12.7. The number of rotatable bonds is 6. The number of nitrogens with one attached hydrogen (secondary N) is 1. The van der Waals surface area contributed by atoms with Gasteiger partial charge in [-0.25, -0.2) is 4.98 Å². The first kappa shape index (κ1) is 20.8. The van der Waals surface area contributed by atoms with Gasteiger partial charge in [-0.2, -0.15) is 0 Å². The van der Waals surface area contributed by atoms with Gasteiger partial charge >= 0.3 is 6.36 Å². The van der Waals surface area contributed by atoms with Gasteiger partial charge in [0.2, 0.25) is 0 Å². The van der Waals surface area contributed by atoms with Crippen molar-refractivity contribution in [1.82, 2.24) is 14.9 Å². The fourth-order valence-electron chi connectivity index (χ4n) is 4.11. The van der Waals surface area contributed by atoms with Crippen molar-refractivity contribution in [3.05, 3.63) is 35.7 Å². The summed E-state index contributed by atoms with van der Waals surface area (Å²) in [5.74, 6) is 0.658. The van der Waals surface area contributed by atoms with Crippen LogP contribution in [0.15, 0.2) is 24.3 Å². The molecule has 8 heteroatoms. The van der Waals surface area contributed by atoms with E-state index in [4.69, 9.17) is 0 Å². The molecule has 162 valence electrons. The van der Waals surface area contributed by atoms with E-state index < -0.39 is 6.36 Å². The number of hydrogen-bond donors (Lipinski definition) is 1. The van der Waals surface area contributed by atoms with Crippen LogP contribution in [0.3, 0.4) is 0 Å². The van der Waals surface area contributed by atoms with E-state index in [2.05, 4.69) is 19.6 Å². The predicted molar refractivity (Wildman–Crippen MR) is 106 cm³/mol. The Bertz CT molecular complexity index is 896. The highest BCUT2D eigenvalue weighted by molar-refractivity contribution is 5.94. The Hall–Kier alpha value is -2.51. The summed E-state index contributed by atoms with van der Waals surface area (Å²) in [4.78, 5) is 17.3. The molecule has 5 nitrogen and oxygen atoms in total. The molecule has 0 spiro atoms. The van der Waals surface area contributed by atoms with Crippen molar-refractivity contribution < 1.29 is 22.7 Å². The maximum atomic E-state index is 12.7. The molecule has 1 aromatic heterocycles. The number of benzene rings is 1. The maximum Gasteiger partial charge on any atom is 0.573 e. The van der Waals surface area contributed by atoms with Crippen LogP contribution in [0, 0.1) is 12.8 Å². The third-order valence-electron chi connectivity index (χ3n) is 5.86. The van der Waals surface area contributed by atoms with Crippen molar-refractivity contribution in [3.8, 4) is 17.1 Å². The third-order valence-corrected chi connectivity index (χ3v) is 5.86. The van der Waals surface area contributed by atoms with Gasteiger partial charge in [0.05, 0.1) is 0 Å². The fraction of sp³-hybridized carbons (Fsp3) is 0.545. The molecule has 1 aromatic carbocycles. The average molecular weight is 421 g/mol. The van der Waals surface area contributed by atoms with Crippen LogP contribution in [-0.4, -0.2) is 27.9 Å². The summed E-state index contributed by atoms with van der Waals surface area (Å²) in [7, 11) is 0. The second-order valence-electron chi connectivity index (χ2n) is 8.30. The van der Waals surface area contributed by atoms with E-state index in [9.17, 15) is 18.0 Å². The van der Waals surface area contributed by atoms with Crippen LogP contribution in [-0.2, 0) is 6.54 Å². The molecule has 0 bridgehead atoms. The predicted octanol–water partition coefficient (Wildman–Crippen LogP) is 5.23. The second-order valence-corrected chi connectivity index (χ2v) is 8.30. The second kappa shape index (κ2) is 8.32. The highest BCUT2D eigenvalue weighted by atomic mass is 19.4. The van der Waals surface area contributed by atoms with Crippen molar-refractivity contribution in [1.29, 1.82) is 0 Å². The molecule has 4 rings (SSSR count). The molecule has 0 aliphatic heterocycles. The lowest BCUT2D eigenvalue weighted by Crippen LogP contribution is -2.26. The van der Waals surface area contributed by atoms with Gasteiger partial charge in [0.1, 0.15) is 17.3 Å². The monoisotopic (exact) mass is 421 g/mol. The Morgan fingerprint density at radius 2 is 1.80 bits per heavy atom. The third kappa shape index (κ3) is 4.96. The molecular weight excluding hydrogens is 395 g/mol. The SMILES string of the molecule is Cc1c(C(=O)NC2CC2)nc(-c2ccc(OC(F)(F)F)cc2)n1CC1CCCCC1. The first-order valence-electron chi connectivity index (χ1n) is 10.5. The number of aromatic nitrogens is 2. The average Bonchev–Trinajstić information content (AvgIpc) is 3.45. The zero-order chi connectivity index (χ0) is 21.3. The van der Waals surface area contributed by atoms with Crippen LogP contribution in [0.5, 0.6) is 5.75 Å². The standard InChI is InChI=1S/C22H26F3N3O2/c1-14-19(21(29)26-17-9-10-17)27-20(28(14)13-15-5-3-2-4-6-15)16-7-11-18(12-8-16)30-22(23,24)25/h7-8,11-12,15,17H,2-6,9-10,13H2,1H3,(H,26,29). The molecule has 2 aliphatic rings. The molecule has 2 aromatic rings. The molecule has 0 atom stereocenters. The van der Waals surface area contributed by atoms with Gasteiger partial charge in [0.25, 0.3) is 5.91 Å². The Morgan fingerprint density at radius 1 is 1.13 bits per heavy atom. The highest BCUT2D eigenvalue weighted by Crippen LogP contribution is 2.31. The number of alkyl halides is 3. The van der Waals surface area contributed by atoms with E-state index in [-0.39, 0.29) is 17.7 Å². The summed E-state index contributed by atoms with van der Waals surface area (Å²) in [6.45, 7) is 2.65. The smallest absolute Gasteiger partial charge is 0.406 e. The van der Waals surface area contributed by atoms with E-state index >= 15 is 0 Å². The summed E-state index contributed by atoms with van der Waals surface area (Å²) in [6.07, 6.45) is 3.17. The summed E-state index contributed by atoms with van der Waals surface area (Å²) >= 11 is 0. The Kier molecular flexibility index (Phi) is 5.75. The number of hydrogen-bond acceptors (Lipinski definition) is 3. The van der Waals surface area contributed by atoms with E-state index in [0.29, 0.717) is 23.0 Å². The van der Waals surface area contributed by atoms with Crippen molar-refractivity contribution in [3.63, 3.8) is 0 Å². The number of amides is 1. The van der Waals surface area contributed by atoms with E-state index in [1.54, 1.807) is 12.1 Å². The Labute approximate surface area is 173 Å². The molecule has 0 unspecified atom stereocenters. The van der Waals surface area contributed by atoms with Crippen LogP contribution in [0.1, 0.15) is 61.1 Å². The number of halogens is 3. The van der Waals surface area contributed by atoms with Gasteiger partial charge in [-0.1, -0.05) is 19.3 Å². The molecule has 1 heterocycles. The van der Waals surface area contributed by atoms with Gasteiger partial charge in [0.15, 0.2) is 0 Å². The summed E-state index contributed by atoms with van der Waals surface area (Å²) in [5, 5.41) is 2.98. The van der Waals surface area contributed by atoms with Crippen molar-refractivity contribution in [2.24, 2.45) is 5.92 Å². The molecule has 0 radical (unpaired) electrons. The van der Waals surface area contributed by atoms with Gasteiger partial charge in [-0.3, -0.25) is 4.79 Å². The van der Waals surface area contributed by atoms with Crippen LogP contribution in [0.25, 0.3) is 11.4 Å². The number of nitrogens with zero attached hydrogens (tertiary/aromatic N) is 2. The minimum atomic E-state index is -4.73. The highest BCUT2D eigenvalue weighted by Gasteiger charge is 2.31. The summed E-state index contributed by atoms with van der Waals surface area (Å²) < 4.78 is 43.4. The van der Waals surface area contributed by atoms with Gasteiger partial charge in [-0.05, 0) is 62.8 Å². The number of carbonyl (C=O) groups excluding carboxylic acids is 1. The molecule has 1 N–H and O–H groups in total. The van der Waals surface area contributed by atoms with E-state index in [1.165, 1.54) is 31.4 Å². The Balaban J connectivity index is 1.64. The molecule has 30 heavy (non-hydrogen) atoms. The molecule has 2 saturated carbocycles. The van der Waals surface area contributed by atoms with Gasteiger partial charge in [0, 0.05) is 23.8 Å². The summed E-state index contributed by atoms with van der Waals surface area (Å²) in [6, 6.07) is 5.90. The molecule has 2 aliphatic carbocycles. The fourth-order valence-corrected chi connectivity index (χ4v) is 4.11. The van der Waals surface area contributed by atoms with Crippen LogP contribution in [0.2, 0.25) is 0 Å². The number of imidazole rings is 1. The number of carbonyl (C=O) groups is 1. The van der Waals surface area contributed by atoms with Crippen molar-refractivity contribution >= 4 is 5.91 Å². The molecular formula is C22H26F3N3O2. The Morgan fingerprint density at radius 3 is 2.40 bits per heavy atom. The van der Waals surface area contributed by atoms with Crippen LogP contribution >= 0.6 is 0 Å². The number of ether oxygens (including phenoxy) is 1. The zero-order valence-electron chi connectivity index (χ0n) is 17.0.